The number of ether oxygens (including phenoxy) is 3. The Morgan fingerprint density at radius 3 is 2.64 bits per heavy atom. The molecule has 36 heavy (non-hydrogen) atoms. The molecule has 2 fully saturated rings. The number of fused-ring (bicyclic) bond motifs is 1. The van der Waals surface area contributed by atoms with Gasteiger partial charge in [0.15, 0.2) is 18.4 Å². The molecule has 3 heterocycles. The monoisotopic (exact) mass is 556 g/mol. The molecule has 2 atom stereocenters. The first-order chi connectivity index (χ1) is 17.1. The molecule has 2 aliphatic heterocycles. The fraction of sp³-hybridized carbons (Fsp3) is 0.423. The highest BCUT2D eigenvalue weighted by molar-refractivity contribution is 9.10. The number of carbonyl (C=O) groups excluding carboxylic acids is 1. The molecule has 10 heteroatoms. The van der Waals surface area contributed by atoms with Gasteiger partial charge >= 0.3 is 6.09 Å². The molecule has 2 aliphatic rings. The van der Waals surface area contributed by atoms with Crippen LogP contribution in [0.15, 0.2) is 46.9 Å². The normalized spacial score (nSPS) is 24.0. The molecule has 0 radical (unpaired) electrons. The summed E-state index contributed by atoms with van der Waals surface area (Å²) in [4.78, 5) is 24.0. The summed E-state index contributed by atoms with van der Waals surface area (Å²) in [5, 5.41) is 14.9. The predicted molar refractivity (Wildman–Crippen MR) is 138 cm³/mol. The number of amides is 1. The van der Waals surface area contributed by atoms with E-state index in [1.165, 1.54) is 0 Å². The van der Waals surface area contributed by atoms with Crippen molar-refractivity contribution in [2.24, 2.45) is 5.92 Å². The van der Waals surface area contributed by atoms with Crippen LogP contribution < -0.4 is 5.32 Å². The lowest BCUT2D eigenvalue weighted by Gasteiger charge is -2.39. The zero-order chi connectivity index (χ0) is 25.6. The van der Waals surface area contributed by atoms with E-state index in [1.54, 1.807) is 23.1 Å². The second kappa shape index (κ2) is 9.49. The Kier molecular flexibility index (Phi) is 6.52. The summed E-state index contributed by atoms with van der Waals surface area (Å²) >= 11 is 3.46. The van der Waals surface area contributed by atoms with Crippen LogP contribution in [0.2, 0.25) is 0 Å². The van der Waals surface area contributed by atoms with Gasteiger partial charge in [-0.1, -0.05) is 28.1 Å². The number of phenols is 1. The fourth-order valence-corrected chi connectivity index (χ4v) is 4.85. The number of aromatic nitrogens is 2. The topological polar surface area (TPSA) is 106 Å². The third-order valence-electron chi connectivity index (χ3n) is 6.14. The van der Waals surface area contributed by atoms with Crippen LogP contribution >= 0.6 is 15.9 Å². The molecule has 5 rings (SSSR count). The number of phenolic OH excluding ortho intramolecular Hbond substituents is 1. The van der Waals surface area contributed by atoms with E-state index in [0.29, 0.717) is 30.3 Å². The van der Waals surface area contributed by atoms with Gasteiger partial charge in [-0.05, 0) is 58.0 Å². The van der Waals surface area contributed by atoms with E-state index in [0.717, 1.165) is 15.4 Å². The van der Waals surface area contributed by atoms with Gasteiger partial charge in [-0.15, -0.1) is 0 Å². The molecule has 9 nitrogen and oxygen atoms in total. The van der Waals surface area contributed by atoms with Crippen molar-refractivity contribution in [2.45, 2.75) is 51.9 Å². The van der Waals surface area contributed by atoms with Crippen molar-refractivity contribution < 1.29 is 24.1 Å². The van der Waals surface area contributed by atoms with Gasteiger partial charge in [0.2, 0.25) is 0 Å². The predicted octanol–water partition coefficient (Wildman–Crippen LogP) is 5.13. The zero-order valence-electron chi connectivity index (χ0n) is 20.6. The van der Waals surface area contributed by atoms with Crippen molar-refractivity contribution in [3.05, 3.63) is 46.9 Å². The molecule has 0 saturated carbocycles. The van der Waals surface area contributed by atoms with Crippen LogP contribution in [0.1, 0.15) is 27.7 Å². The number of nitrogens with one attached hydrogen (secondary N) is 1. The van der Waals surface area contributed by atoms with Crippen molar-refractivity contribution in [1.82, 2.24) is 14.9 Å². The molecule has 2 N–H and O–H groups in total. The van der Waals surface area contributed by atoms with Gasteiger partial charge in [0, 0.05) is 28.9 Å². The average molecular weight is 557 g/mol. The molecular formula is C26H29BrN4O5. The van der Waals surface area contributed by atoms with E-state index >= 15 is 0 Å². The minimum absolute atomic E-state index is 0.0829. The highest BCUT2D eigenvalue weighted by Gasteiger charge is 2.46. The van der Waals surface area contributed by atoms with Gasteiger partial charge in [0.05, 0.1) is 17.1 Å². The number of nitrogens with zero attached hydrogens (tertiary/aromatic N) is 3. The molecule has 1 unspecified atom stereocenters. The summed E-state index contributed by atoms with van der Waals surface area (Å²) in [6.45, 7) is 8.20. The standard InChI is InChI=1S/C26H29BrN4O5/c1-14-34-24(35-14)18-12-31(25(33)36-26(2,3)4)13-20(18)29-22-16-7-5-6-8-19(16)28-23(30-22)17-11-15(27)9-10-21(17)32/h5-11,14,18,20,24,32H,12-13H2,1-4H3,(H,28,29,30)/t14?,18?,20-,24?/m1/s1. The fourth-order valence-electron chi connectivity index (χ4n) is 4.49. The minimum atomic E-state index is -0.597. The van der Waals surface area contributed by atoms with Gasteiger partial charge in [-0.2, -0.15) is 0 Å². The molecular weight excluding hydrogens is 528 g/mol. The van der Waals surface area contributed by atoms with Crippen molar-refractivity contribution in [3.63, 3.8) is 0 Å². The van der Waals surface area contributed by atoms with E-state index in [1.807, 2.05) is 52.0 Å². The number of hydrogen-bond donors (Lipinski definition) is 2. The van der Waals surface area contributed by atoms with Crippen LogP contribution in [0, 0.1) is 5.92 Å². The van der Waals surface area contributed by atoms with Crippen LogP contribution in [0.3, 0.4) is 0 Å². The maximum Gasteiger partial charge on any atom is 0.410 e. The van der Waals surface area contributed by atoms with Gasteiger partial charge < -0.3 is 29.5 Å². The van der Waals surface area contributed by atoms with Crippen LogP contribution in [-0.2, 0) is 14.2 Å². The molecule has 1 amide bonds. The SMILES string of the molecule is CC1OC(C2CN(C(=O)OC(C)(C)C)C[C@H]2Nc2nc(-c3cc(Br)ccc3O)nc3ccccc23)O1. The summed E-state index contributed by atoms with van der Waals surface area (Å²) in [6.07, 6.45) is -1.10. The van der Waals surface area contributed by atoms with E-state index in [-0.39, 0.29) is 30.1 Å². The number of halogens is 1. The largest absolute Gasteiger partial charge is 0.507 e. The first kappa shape index (κ1) is 24.7. The quantitative estimate of drug-likeness (QED) is 0.455. The highest BCUT2D eigenvalue weighted by atomic mass is 79.9. The van der Waals surface area contributed by atoms with E-state index in [2.05, 4.69) is 21.2 Å². The highest BCUT2D eigenvalue weighted by Crippen LogP contribution is 2.36. The Morgan fingerprint density at radius 2 is 1.92 bits per heavy atom. The molecule has 190 valence electrons. The molecule has 2 saturated heterocycles. The number of carbonyl (C=O) groups is 1. The molecule has 0 bridgehead atoms. The molecule has 3 aromatic rings. The third-order valence-corrected chi connectivity index (χ3v) is 6.64. The summed E-state index contributed by atoms with van der Waals surface area (Å²) in [7, 11) is 0. The average Bonchev–Trinajstić information content (AvgIpc) is 3.21. The van der Waals surface area contributed by atoms with E-state index in [9.17, 15) is 9.90 Å². The van der Waals surface area contributed by atoms with Gasteiger partial charge in [-0.25, -0.2) is 14.8 Å². The van der Waals surface area contributed by atoms with Crippen molar-refractivity contribution in [2.75, 3.05) is 18.4 Å². The minimum Gasteiger partial charge on any atom is -0.507 e. The lowest BCUT2D eigenvalue weighted by atomic mass is 10.0. The van der Waals surface area contributed by atoms with Crippen molar-refractivity contribution >= 4 is 38.7 Å². The Hall–Kier alpha value is -2.95. The van der Waals surface area contributed by atoms with Crippen LogP contribution in [0.4, 0.5) is 10.6 Å². The lowest BCUT2D eigenvalue weighted by molar-refractivity contribution is -0.391. The first-order valence-electron chi connectivity index (χ1n) is 11.9. The number of anilines is 1. The third kappa shape index (κ3) is 5.11. The Labute approximate surface area is 217 Å². The summed E-state index contributed by atoms with van der Waals surface area (Å²) in [5.41, 5.74) is 0.642. The molecule has 0 spiro atoms. The number of aromatic hydroxyl groups is 1. The number of para-hydroxylation sites is 1. The van der Waals surface area contributed by atoms with Crippen molar-refractivity contribution in [1.29, 1.82) is 0 Å². The lowest BCUT2D eigenvalue weighted by Crippen LogP contribution is -2.49. The summed E-state index contributed by atoms with van der Waals surface area (Å²) < 4.78 is 18.1. The Balaban J connectivity index is 1.49. The Bertz CT molecular complexity index is 1290. The summed E-state index contributed by atoms with van der Waals surface area (Å²) in [6, 6.07) is 12.6. The van der Waals surface area contributed by atoms with Gasteiger partial charge in [0.25, 0.3) is 0 Å². The Morgan fingerprint density at radius 1 is 1.17 bits per heavy atom. The maximum atomic E-state index is 12.9. The second-order valence-corrected chi connectivity index (χ2v) is 11.0. The van der Waals surface area contributed by atoms with Crippen LogP contribution in [-0.4, -0.2) is 63.4 Å². The zero-order valence-corrected chi connectivity index (χ0v) is 22.2. The second-order valence-electron chi connectivity index (χ2n) is 10.1. The van der Waals surface area contributed by atoms with E-state index < -0.39 is 11.9 Å². The van der Waals surface area contributed by atoms with Crippen LogP contribution in [0.5, 0.6) is 5.75 Å². The van der Waals surface area contributed by atoms with E-state index in [4.69, 9.17) is 24.2 Å². The number of rotatable bonds is 4. The van der Waals surface area contributed by atoms with Crippen LogP contribution in [0.25, 0.3) is 22.3 Å². The number of benzene rings is 2. The number of likely N-dealkylation sites (tertiary alicyclic amines) is 1. The number of hydrogen-bond acceptors (Lipinski definition) is 8. The maximum absolute atomic E-state index is 12.9. The summed E-state index contributed by atoms with van der Waals surface area (Å²) in [5.74, 6) is 0.936. The van der Waals surface area contributed by atoms with Gasteiger partial charge in [-0.3, -0.25) is 0 Å². The molecule has 2 aromatic carbocycles. The molecule has 1 aromatic heterocycles. The van der Waals surface area contributed by atoms with Crippen molar-refractivity contribution in [3.8, 4) is 17.1 Å². The molecule has 0 aliphatic carbocycles. The first-order valence-corrected chi connectivity index (χ1v) is 12.7. The smallest absolute Gasteiger partial charge is 0.410 e. The van der Waals surface area contributed by atoms with Gasteiger partial charge in [0.1, 0.15) is 17.2 Å².